The molecule has 11 heteroatoms. The minimum absolute atomic E-state index is 0.165. The van der Waals surface area contributed by atoms with Gasteiger partial charge in [0.25, 0.3) is 0 Å². The molecule has 2 aromatic heterocycles. The van der Waals surface area contributed by atoms with Crippen LogP contribution in [0.2, 0.25) is 0 Å². The number of amides is 1. The fourth-order valence-electron chi connectivity index (χ4n) is 5.64. The van der Waals surface area contributed by atoms with Gasteiger partial charge < -0.3 is 10.1 Å². The summed E-state index contributed by atoms with van der Waals surface area (Å²) in [6.07, 6.45) is 5.22. The van der Waals surface area contributed by atoms with E-state index >= 15 is 0 Å². The molecule has 44 heavy (non-hydrogen) atoms. The SMILES string of the molecule is CCn1cc(COC(c2ccc(C)c(CN3CC(C)Cc4ccccc4S3(O)O)c2)C(C)(C)C(=O)Nc2cccnc2)nn1. The minimum Gasteiger partial charge on any atom is -0.366 e. The predicted molar refractivity (Wildman–Crippen MR) is 172 cm³/mol. The van der Waals surface area contributed by atoms with Crippen LogP contribution in [0.1, 0.15) is 61.7 Å². The fraction of sp³-hybridized carbons (Fsp3) is 0.394. The zero-order valence-electron chi connectivity index (χ0n) is 26.0. The molecule has 0 bridgehead atoms. The third-order valence-corrected chi connectivity index (χ3v) is 10.2. The molecule has 2 atom stereocenters. The van der Waals surface area contributed by atoms with Crippen molar-refractivity contribution in [2.45, 2.75) is 71.7 Å². The first-order valence-electron chi connectivity index (χ1n) is 14.9. The summed E-state index contributed by atoms with van der Waals surface area (Å²) in [5, 5.41) is 11.3. The van der Waals surface area contributed by atoms with Crippen LogP contribution in [0, 0.1) is 18.3 Å². The molecule has 4 aromatic rings. The van der Waals surface area contributed by atoms with E-state index in [1.54, 1.807) is 33.5 Å². The molecule has 0 aliphatic carbocycles. The second-order valence-electron chi connectivity index (χ2n) is 12.1. The highest BCUT2D eigenvalue weighted by Crippen LogP contribution is 2.56. The number of hydrogen-bond donors (Lipinski definition) is 3. The number of benzene rings is 2. The van der Waals surface area contributed by atoms with Crippen molar-refractivity contribution in [3.8, 4) is 0 Å². The molecule has 0 spiro atoms. The number of ether oxygens (including phenoxy) is 1. The first kappa shape index (κ1) is 31.8. The molecule has 0 radical (unpaired) electrons. The van der Waals surface area contributed by atoms with Crippen LogP contribution in [0.5, 0.6) is 0 Å². The average molecular weight is 619 g/mol. The van der Waals surface area contributed by atoms with E-state index in [1.807, 2.05) is 76.4 Å². The first-order valence-corrected chi connectivity index (χ1v) is 16.4. The molecule has 2 unspecified atom stereocenters. The van der Waals surface area contributed by atoms with E-state index < -0.39 is 22.3 Å². The van der Waals surface area contributed by atoms with E-state index in [1.165, 1.54) is 0 Å². The standard InChI is InChI=1S/C33H42N6O4S/c1-6-38-21-29(36-37-38)22-43-31(33(4,5)32(40)35-28-11-9-15-34-18-28)26-14-13-24(3)27(17-26)20-39-19-23(2)16-25-10-7-8-12-30(25)44(39,41)42/h7-15,17-18,21,23,31,41-42H,6,16,19-20,22H2,1-5H3,(H,35,40). The van der Waals surface area contributed by atoms with Crippen LogP contribution < -0.4 is 5.32 Å². The first-order chi connectivity index (χ1) is 21.0. The van der Waals surface area contributed by atoms with Gasteiger partial charge in [-0.2, -0.15) is 4.31 Å². The largest absolute Gasteiger partial charge is 0.366 e. The van der Waals surface area contributed by atoms with E-state index in [2.05, 4.69) is 27.5 Å². The number of carbonyl (C=O) groups is 1. The van der Waals surface area contributed by atoms with Crippen molar-refractivity contribution in [3.05, 3.63) is 101 Å². The van der Waals surface area contributed by atoms with Gasteiger partial charge in [0.15, 0.2) is 0 Å². The summed E-state index contributed by atoms with van der Waals surface area (Å²) in [5.74, 6) is 0.0120. The molecule has 234 valence electrons. The monoisotopic (exact) mass is 618 g/mol. The number of fused-ring (bicyclic) bond motifs is 1. The molecular formula is C33H42N6O4S. The Kier molecular flexibility index (Phi) is 9.52. The fourth-order valence-corrected chi connectivity index (χ4v) is 7.46. The molecule has 1 aliphatic rings. The number of pyridine rings is 1. The summed E-state index contributed by atoms with van der Waals surface area (Å²) in [7, 11) is -3.21. The molecule has 5 rings (SSSR count). The van der Waals surface area contributed by atoms with E-state index in [-0.39, 0.29) is 18.4 Å². The molecule has 0 saturated heterocycles. The second kappa shape index (κ2) is 13.2. The van der Waals surface area contributed by atoms with Gasteiger partial charge in [0.1, 0.15) is 5.69 Å². The Bertz CT molecular complexity index is 1590. The summed E-state index contributed by atoms with van der Waals surface area (Å²) in [6, 6.07) is 17.2. The number of nitrogens with one attached hydrogen (secondary N) is 1. The van der Waals surface area contributed by atoms with Crippen molar-refractivity contribution in [1.82, 2.24) is 24.3 Å². The van der Waals surface area contributed by atoms with Crippen molar-refractivity contribution < 1.29 is 18.6 Å². The average Bonchev–Trinajstić information content (AvgIpc) is 3.43. The van der Waals surface area contributed by atoms with Gasteiger partial charge in [0.05, 0.1) is 41.1 Å². The van der Waals surface area contributed by atoms with Gasteiger partial charge in [-0.15, -0.1) is 15.9 Å². The quantitative estimate of drug-likeness (QED) is 0.181. The van der Waals surface area contributed by atoms with Gasteiger partial charge >= 0.3 is 0 Å². The number of nitrogens with zero attached hydrogens (tertiary/aromatic N) is 5. The van der Waals surface area contributed by atoms with E-state index in [0.29, 0.717) is 35.9 Å². The summed E-state index contributed by atoms with van der Waals surface area (Å²) in [6.45, 7) is 11.6. The van der Waals surface area contributed by atoms with Crippen molar-refractivity contribution >= 4 is 22.4 Å². The van der Waals surface area contributed by atoms with Crippen molar-refractivity contribution in [2.24, 2.45) is 11.3 Å². The summed E-state index contributed by atoms with van der Waals surface area (Å²) >= 11 is 0. The van der Waals surface area contributed by atoms with Gasteiger partial charge in [-0.05, 0) is 80.5 Å². The van der Waals surface area contributed by atoms with Gasteiger partial charge in [-0.25, -0.2) is 0 Å². The van der Waals surface area contributed by atoms with Gasteiger partial charge in [-0.1, -0.05) is 48.5 Å². The van der Waals surface area contributed by atoms with Gasteiger partial charge in [0.2, 0.25) is 5.91 Å². The highest BCUT2D eigenvalue weighted by molar-refractivity contribution is 8.22. The Hall–Kier alpha value is -3.61. The smallest absolute Gasteiger partial charge is 0.233 e. The molecule has 1 amide bonds. The minimum atomic E-state index is -3.21. The van der Waals surface area contributed by atoms with Crippen LogP contribution in [0.3, 0.4) is 0 Å². The van der Waals surface area contributed by atoms with Crippen LogP contribution in [-0.4, -0.2) is 45.8 Å². The third-order valence-electron chi connectivity index (χ3n) is 8.20. The van der Waals surface area contributed by atoms with Crippen molar-refractivity contribution in [2.75, 3.05) is 11.9 Å². The second-order valence-corrected chi connectivity index (χ2v) is 14.1. The number of rotatable bonds is 10. The topological polar surface area (TPSA) is 126 Å². The Morgan fingerprint density at radius 2 is 1.98 bits per heavy atom. The van der Waals surface area contributed by atoms with E-state index in [0.717, 1.165) is 28.7 Å². The molecule has 1 aliphatic heterocycles. The lowest BCUT2D eigenvalue weighted by Crippen LogP contribution is -2.38. The summed E-state index contributed by atoms with van der Waals surface area (Å²) < 4.78 is 33.2. The highest BCUT2D eigenvalue weighted by Gasteiger charge is 2.40. The van der Waals surface area contributed by atoms with Crippen molar-refractivity contribution in [3.63, 3.8) is 0 Å². The summed E-state index contributed by atoms with van der Waals surface area (Å²) in [4.78, 5) is 18.4. The lowest BCUT2D eigenvalue weighted by molar-refractivity contribution is -0.134. The van der Waals surface area contributed by atoms with Crippen LogP contribution in [0.4, 0.5) is 5.69 Å². The number of carbonyl (C=O) groups excluding carboxylic acids is 1. The number of hydrogen-bond acceptors (Lipinski definition) is 8. The molecule has 3 heterocycles. The maximum atomic E-state index is 13.7. The predicted octanol–water partition coefficient (Wildman–Crippen LogP) is 6.64. The van der Waals surface area contributed by atoms with Crippen molar-refractivity contribution in [1.29, 1.82) is 0 Å². The molecule has 0 saturated carbocycles. The van der Waals surface area contributed by atoms with E-state index in [9.17, 15) is 13.9 Å². The number of anilines is 1. The molecular weight excluding hydrogens is 576 g/mol. The van der Waals surface area contributed by atoms with Crippen LogP contribution in [0.25, 0.3) is 0 Å². The normalized spacial score (nSPS) is 18.2. The Balaban J connectivity index is 1.47. The molecule has 3 N–H and O–H groups in total. The third kappa shape index (κ3) is 6.87. The highest BCUT2D eigenvalue weighted by atomic mass is 32.3. The molecule has 0 fully saturated rings. The van der Waals surface area contributed by atoms with Gasteiger partial charge in [-0.3, -0.25) is 23.6 Å². The molecule has 2 aromatic carbocycles. The zero-order chi connectivity index (χ0) is 31.5. The zero-order valence-corrected chi connectivity index (χ0v) is 26.8. The Labute approximate surface area is 261 Å². The summed E-state index contributed by atoms with van der Waals surface area (Å²) in [5.41, 5.74) is 3.98. The lowest BCUT2D eigenvalue weighted by Gasteiger charge is -2.43. The van der Waals surface area contributed by atoms with Gasteiger partial charge in [0, 0.05) is 25.8 Å². The van der Waals surface area contributed by atoms with Crippen LogP contribution >= 0.6 is 10.8 Å². The Morgan fingerprint density at radius 1 is 1.18 bits per heavy atom. The van der Waals surface area contributed by atoms with Crippen LogP contribution in [-0.2, 0) is 35.6 Å². The molecule has 10 nitrogen and oxygen atoms in total. The van der Waals surface area contributed by atoms with Crippen LogP contribution in [0.15, 0.2) is 78.1 Å². The Morgan fingerprint density at radius 3 is 2.70 bits per heavy atom. The lowest BCUT2D eigenvalue weighted by atomic mass is 9.80. The maximum Gasteiger partial charge on any atom is 0.233 e. The van der Waals surface area contributed by atoms with E-state index in [4.69, 9.17) is 4.74 Å². The number of aromatic nitrogens is 4. The number of aryl methyl sites for hydroxylation is 2. The maximum absolute atomic E-state index is 13.7.